The second kappa shape index (κ2) is 6.36. The van der Waals surface area contributed by atoms with E-state index in [9.17, 15) is 9.90 Å². The Labute approximate surface area is 142 Å². The van der Waals surface area contributed by atoms with Crippen LogP contribution in [-0.2, 0) is 0 Å². The van der Waals surface area contributed by atoms with E-state index in [0.717, 1.165) is 0 Å². The van der Waals surface area contributed by atoms with Gasteiger partial charge in [0.2, 0.25) is 0 Å². The van der Waals surface area contributed by atoms with Crippen LogP contribution in [0.1, 0.15) is 10.4 Å². The number of azo groups is 1. The Hall–Kier alpha value is -2.43. The van der Waals surface area contributed by atoms with Crippen LogP contribution in [0.25, 0.3) is 10.8 Å². The molecule has 0 atom stereocenters. The van der Waals surface area contributed by atoms with E-state index in [1.807, 2.05) is 0 Å². The number of amides is 1. The summed E-state index contributed by atoms with van der Waals surface area (Å²) in [6.45, 7) is 0. The number of carbonyl (C=O) groups excluding carboxylic acids is 1. The third-order valence-electron chi connectivity index (χ3n) is 3.29. The number of halogens is 2. The van der Waals surface area contributed by atoms with Gasteiger partial charge in [-0.1, -0.05) is 47.5 Å². The highest BCUT2D eigenvalue weighted by Gasteiger charge is 2.10. The second-order valence-electron chi connectivity index (χ2n) is 4.78. The molecule has 0 aromatic heterocycles. The topological polar surface area (TPSA) is 62.0 Å². The van der Waals surface area contributed by atoms with E-state index in [-0.39, 0.29) is 10.8 Å². The van der Waals surface area contributed by atoms with E-state index in [1.165, 1.54) is 6.07 Å². The number of aromatic hydroxyl groups is 1. The minimum atomic E-state index is -0.491. The van der Waals surface area contributed by atoms with Gasteiger partial charge in [0.1, 0.15) is 5.75 Å². The minimum Gasteiger partial charge on any atom is -0.506 e. The van der Waals surface area contributed by atoms with E-state index in [1.54, 1.807) is 48.5 Å². The lowest BCUT2D eigenvalue weighted by atomic mass is 10.1. The summed E-state index contributed by atoms with van der Waals surface area (Å²) in [6, 6.07) is 14.9. The zero-order valence-electron chi connectivity index (χ0n) is 11.7. The maximum atomic E-state index is 12.0. The van der Waals surface area contributed by atoms with Crippen LogP contribution in [0.5, 0.6) is 5.75 Å². The first-order valence-corrected chi connectivity index (χ1v) is 7.43. The zero-order valence-corrected chi connectivity index (χ0v) is 13.2. The Balaban J connectivity index is 1.99. The van der Waals surface area contributed by atoms with Crippen molar-refractivity contribution < 1.29 is 9.90 Å². The summed E-state index contributed by atoms with van der Waals surface area (Å²) in [5, 5.41) is 19.6. The number of hydrogen-bond acceptors (Lipinski definition) is 3. The number of phenolic OH excluding ortho intramolecular Hbond substituents is 1. The molecule has 4 nitrogen and oxygen atoms in total. The molecular formula is C17H10Cl2N2O2. The molecule has 0 fully saturated rings. The molecule has 0 bridgehead atoms. The van der Waals surface area contributed by atoms with E-state index in [0.29, 0.717) is 27.0 Å². The molecule has 3 aromatic carbocycles. The fraction of sp³-hybridized carbons (Fsp3) is 0. The predicted molar refractivity (Wildman–Crippen MR) is 90.9 cm³/mol. The summed E-state index contributed by atoms with van der Waals surface area (Å²) >= 11 is 11.8. The van der Waals surface area contributed by atoms with Gasteiger partial charge in [0.05, 0.1) is 10.7 Å². The zero-order chi connectivity index (χ0) is 16.4. The molecule has 0 aliphatic rings. The molecule has 0 unspecified atom stereocenters. The third-order valence-corrected chi connectivity index (χ3v) is 3.83. The van der Waals surface area contributed by atoms with Gasteiger partial charge < -0.3 is 5.11 Å². The summed E-state index contributed by atoms with van der Waals surface area (Å²) in [6.07, 6.45) is 0. The summed E-state index contributed by atoms with van der Waals surface area (Å²) in [5.41, 5.74) is 0.790. The summed E-state index contributed by atoms with van der Waals surface area (Å²) < 4.78 is 0. The monoisotopic (exact) mass is 344 g/mol. The molecule has 0 heterocycles. The molecule has 6 heteroatoms. The molecule has 0 radical (unpaired) electrons. The van der Waals surface area contributed by atoms with Gasteiger partial charge >= 0.3 is 0 Å². The fourth-order valence-corrected chi connectivity index (χ4v) is 2.47. The molecule has 3 aromatic rings. The Kier molecular flexibility index (Phi) is 4.28. The lowest BCUT2D eigenvalue weighted by Gasteiger charge is -2.05. The van der Waals surface area contributed by atoms with Gasteiger partial charge in [-0.05, 0) is 30.3 Å². The molecular weight excluding hydrogens is 335 g/mol. The fourth-order valence-electron chi connectivity index (χ4n) is 2.14. The molecule has 23 heavy (non-hydrogen) atoms. The van der Waals surface area contributed by atoms with E-state index in [2.05, 4.69) is 10.2 Å². The average Bonchev–Trinajstić information content (AvgIpc) is 2.57. The lowest BCUT2D eigenvalue weighted by molar-refractivity contribution is 0.0995. The van der Waals surface area contributed by atoms with Gasteiger partial charge in [-0.25, -0.2) is 0 Å². The molecule has 1 amide bonds. The van der Waals surface area contributed by atoms with Crippen LogP contribution in [0.15, 0.2) is 64.8 Å². The lowest BCUT2D eigenvalue weighted by Crippen LogP contribution is -1.92. The van der Waals surface area contributed by atoms with Crippen LogP contribution in [0, 0.1) is 0 Å². The number of benzene rings is 3. The SMILES string of the molecule is O=C(N=Nc1cc(Cl)c(O)c2ccccc12)c1ccc(Cl)cc1. The van der Waals surface area contributed by atoms with Crippen molar-refractivity contribution in [3.05, 3.63) is 70.2 Å². The highest BCUT2D eigenvalue weighted by atomic mass is 35.5. The van der Waals surface area contributed by atoms with E-state index < -0.39 is 5.91 Å². The van der Waals surface area contributed by atoms with Crippen LogP contribution in [-0.4, -0.2) is 11.0 Å². The van der Waals surface area contributed by atoms with Crippen LogP contribution in [0.3, 0.4) is 0 Å². The van der Waals surface area contributed by atoms with Crippen LogP contribution in [0.4, 0.5) is 5.69 Å². The largest absolute Gasteiger partial charge is 0.506 e. The quantitative estimate of drug-likeness (QED) is 0.599. The van der Waals surface area contributed by atoms with Crippen molar-refractivity contribution in [3.8, 4) is 5.75 Å². The number of rotatable bonds is 2. The highest BCUT2D eigenvalue weighted by molar-refractivity contribution is 6.33. The van der Waals surface area contributed by atoms with Gasteiger partial charge in [-0.2, -0.15) is 0 Å². The maximum absolute atomic E-state index is 12.0. The molecule has 0 spiro atoms. The number of phenols is 1. The van der Waals surface area contributed by atoms with Crippen molar-refractivity contribution in [2.24, 2.45) is 10.2 Å². The first-order valence-electron chi connectivity index (χ1n) is 6.68. The third kappa shape index (κ3) is 3.18. The van der Waals surface area contributed by atoms with Gasteiger partial charge in [0.25, 0.3) is 5.91 Å². The second-order valence-corrected chi connectivity index (χ2v) is 5.63. The molecule has 0 saturated carbocycles. The van der Waals surface area contributed by atoms with Crippen LogP contribution >= 0.6 is 23.2 Å². The van der Waals surface area contributed by atoms with Crippen LogP contribution in [0.2, 0.25) is 10.0 Å². The number of fused-ring (bicyclic) bond motifs is 1. The summed E-state index contributed by atoms with van der Waals surface area (Å²) in [4.78, 5) is 12.0. The maximum Gasteiger partial charge on any atom is 0.295 e. The van der Waals surface area contributed by atoms with Gasteiger partial charge in [0.15, 0.2) is 0 Å². The molecule has 0 aliphatic carbocycles. The predicted octanol–water partition coefficient (Wildman–Crippen LogP) is 5.78. The Bertz CT molecular complexity index is 922. The number of carbonyl (C=O) groups is 1. The normalized spacial score (nSPS) is 11.2. The minimum absolute atomic E-state index is 0.0229. The first-order chi connectivity index (χ1) is 11.1. The van der Waals surface area contributed by atoms with Crippen molar-refractivity contribution in [1.29, 1.82) is 0 Å². The van der Waals surface area contributed by atoms with Crippen molar-refractivity contribution >= 4 is 45.6 Å². The van der Waals surface area contributed by atoms with Crippen molar-refractivity contribution in [3.63, 3.8) is 0 Å². The molecule has 0 aliphatic heterocycles. The number of nitrogens with zero attached hydrogens (tertiary/aromatic N) is 2. The van der Waals surface area contributed by atoms with Gasteiger partial charge in [0, 0.05) is 21.4 Å². The van der Waals surface area contributed by atoms with Crippen LogP contribution < -0.4 is 0 Å². The molecule has 1 N–H and O–H groups in total. The summed E-state index contributed by atoms with van der Waals surface area (Å²) in [7, 11) is 0. The standard InChI is InChI=1S/C17H10Cl2N2O2/c18-11-7-5-10(6-8-11)17(23)21-20-15-9-14(19)16(22)13-4-2-1-3-12(13)15/h1-9,22H. The summed E-state index contributed by atoms with van der Waals surface area (Å²) in [5.74, 6) is -0.514. The van der Waals surface area contributed by atoms with Crippen molar-refractivity contribution in [2.45, 2.75) is 0 Å². The molecule has 114 valence electrons. The Morgan fingerprint density at radius 1 is 0.957 bits per heavy atom. The van der Waals surface area contributed by atoms with Crippen molar-refractivity contribution in [2.75, 3.05) is 0 Å². The van der Waals surface area contributed by atoms with Crippen molar-refractivity contribution in [1.82, 2.24) is 0 Å². The smallest absolute Gasteiger partial charge is 0.295 e. The molecule has 3 rings (SSSR count). The van der Waals surface area contributed by atoms with Gasteiger partial charge in [-0.3, -0.25) is 4.79 Å². The Morgan fingerprint density at radius 2 is 1.61 bits per heavy atom. The van der Waals surface area contributed by atoms with Gasteiger partial charge in [-0.15, -0.1) is 10.2 Å². The first kappa shape index (κ1) is 15.5. The number of hydrogen-bond donors (Lipinski definition) is 1. The van der Waals surface area contributed by atoms with E-state index in [4.69, 9.17) is 23.2 Å². The van der Waals surface area contributed by atoms with E-state index >= 15 is 0 Å². The average molecular weight is 345 g/mol. The molecule has 0 saturated heterocycles. The Morgan fingerprint density at radius 3 is 2.30 bits per heavy atom. The highest BCUT2D eigenvalue weighted by Crippen LogP contribution is 2.38.